The van der Waals surface area contributed by atoms with Gasteiger partial charge in [-0.15, -0.1) is 5.10 Å². The molecule has 1 aliphatic heterocycles. The van der Waals surface area contributed by atoms with E-state index in [-0.39, 0.29) is 6.10 Å². The minimum Gasteiger partial charge on any atom is -0.482 e. The average molecular weight is 444 g/mol. The molecule has 0 unspecified atom stereocenters. The first-order valence-corrected chi connectivity index (χ1v) is 11.9. The number of aromatic nitrogens is 6. The number of fused-ring (bicyclic) bond motifs is 1. The largest absolute Gasteiger partial charge is 0.482 e. The van der Waals surface area contributed by atoms with Gasteiger partial charge >= 0.3 is 0 Å². The maximum absolute atomic E-state index is 6.53. The highest BCUT2D eigenvalue weighted by Crippen LogP contribution is 2.42. The van der Waals surface area contributed by atoms with Crippen LogP contribution >= 0.6 is 0 Å². The van der Waals surface area contributed by atoms with Gasteiger partial charge in [0.15, 0.2) is 0 Å². The van der Waals surface area contributed by atoms with Crippen LogP contribution in [0.5, 0.6) is 5.75 Å². The molecule has 1 N–H and O–H groups in total. The summed E-state index contributed by atoms with van der Waals surface area (Å²) in [5.41, 5.74) is 5.86. The van der Waals surface area contributed by atoms with Gasteiger partial charge in [0.05, 0.1) is 29.3 Å². The van der Waals surface area contributed by atoms with Crippen molar-refractivity contribution in [2.75, 3.05) is 13.1 Å². The third-order valence-electron chi connectivity index (χ3n) is 6.84. The summed E-state index contributed by atoms with van der Waals surface area (Å²) in [5, 5.41) is 12.6. The van der Waals surface area contributed by atoms with Gasteiger partial charge in [-0.3, -0.25) is 4.98 Å². The Morgan fingerprint density at radius 2 is 1.91 bits per heavy atom. The molecular weight excluding hydrogens is 414 g/mol. The highest BCUT2D eigenvalue weighted by molar-refractivity contribution is 5.88. The first-order valence-electron chi connectivity index (χ1n) is 11.9. The number of rotatable bonds is 6. The van der Waals surface area contributed by atoms with E-state index >= 15 is 0 Å². The second-order valence-electron chi connectivity index (χ2n) is 9.19. The van der Waals surface area contributed by atoms with Crippen molar-refractivity contribution in [1.82, 2.24) is 34.8 Å². The number of nitrogens with zero attached hydrogens (tertiary/aromatic N) is 6. The molecule has 4 heterocycles. The minimum atomic E-state index is -0.182. The summed E-state index contributed by atoms with van der Waals surface area (Å²) in [4.78, 5) is 9.22. The molecule has 2 fully saturated rings. The summed E-state index contributed by atoms with van der Waals surface area (Å²) in [6.45, 7) is 6.19. The number of hydrogen-bond donors (Lipinski definition) is 1. The molecule has 1 atom stereocenters. The van der Waals surface area contributed by atoms with Crippen LogP contribution in [0.2, 0.25) is 0 Å². The molecule has 170 valence electrons. The van der Waals surface area contributed by atoms with Crippen LogP contribution < -0.4 is 10.1 Å². The van der Waals surface area contributed by atoms with Crippen molar-refractivity contribution in [1.29, 1.82) is 0 Å². The molecule has 6 rings (SSSR count). The molecule has 0 amide bonds. The predicted octanol–water partition coefficient (Wildman–Crippen LogP) is 4.40. The third-order valence-corrected chi connectivity index (χ3v) is 6.84. The van der Waals surface area contributed by atoms with Gasteiger partial charge in [0.2, 0.25) is 0 Å². The van der Waals surface area contributed by atoms with Crippen molar-refractivity contribution in [2.45, 2.75) is 57.7 Å². The van der Waals surface area contributed by atoms with Crippen LogP contribution in [0.25, 0.3) is 22.3 Å². The molecule has 0 bridgehead atoms. The van der Waals surface area contributed by atoms with E-state index in [1.807, 2.05) is 31.5 Å². The van der Waals surface area contributed by atoms with Crippen molar-refractivity contribution in [3.8, 4) is 17.0 Å². The molecule has 0 radical (unpaired) electrons. The fourth-order valence-corrected chi connectivity index (χ4v) is 4.86. The zero-order chi connectivity index (χ0) is 22.4. The highest BCUT2D eigenvalue weighted by atomic mass is 16.5. The van der Waals surface area contributed by atoms with E-state index in [1.54, 1.807) is 6.20 Å². The van der Waals surface area contributed by atoms with Gasteiger partial charge in [-0.2, -0.15) is 0 Å². The molecule has 4 aromatic rings. The second kappa shape index (κ2) is 8.26. The maximum Gasteiger partial charge on any atom is 0.146 e. The number of pyridine rings is 1. The zero-order valence-electron chi connectivity index (χ0n) is 19.1. The first kappa shape index (κ1) is 20.4. The molecular formula is C25H29N7O. The number of hydrogen-bond acceptors (Lipinski definition) is 6. The van der Waals surface area contributed by atoms with Crippen molar-refractivity contribution in [3.63, 3.8) is 0 Å². The number of ether oxygens (including phenoxy) is 1. The quantitative estimate of drug-likeness (QED) is 0.476. The highest BCUT2D eigenvalue weighted by Gasteiger charge is 2.28. The van der Waals surface area contributed by atoms with E-state index in [2.05, 4.69) is 48.9 Å². The Morgan fingerprint density at radius 3 is 2.67 bits per heavy atom. The molecule has 1 aromatic carbocycles. The van der Waals surface area contributed by atoms with Crippen LogP contribution in [0, 0.1) is 6.92 Å². The number of nitrogens with one attached hydrogen (secondary N) is 1. The summed E-state index contributed by atoms with van der Waals surface area (Å²) < 4.78 is 10.9. The Kier molecular flexibility index (Phi) is 5.10. The lowest BCUT2D eigenvalue weighted by Crippen LogP contribution is -2.30. The molecule has 1 saturated carbocycles. The molecule has 8 nitrogen and oxygen atoms in total. The molecule has 2 aliphatic rings. The standard InChI is InChI=1S/C25H29N7O/c1-16-24(29-30-32(16)20-8-11-26-12-9-20)18-13-22-25(31(15-28-22)19-6-7-19)23(14-18)33-17(2)21-5-3-4-10-27-21/h3-5,10,13-15,17,19-20,26H,6-9,11-12H2,1-2H3/t17-/m1/s1. The lowest BCUT2D eigenvalue weighted by Gasteiger charge is -2.23. The zero-order valence-corrected chi connectivity index (χ0v) is 19.1. The number of imidazole rings is 1. The second-order valence-corrected chi connectivity index (χ2v) is 9.19. The van der Waals surface area contributed by atoms with Crippen molar-refractivity contribution >= 4 is 11.0 Å². The van der Waals surface area contributed by atoms with Crippen LogP contribution in [0.3, 0.4) is 0 Å². The Bertz CT molecular complexity index is 1270. The van der Waals surface area contributed by atoms with Crippen LogP contribution in [-0.4, -0.2) is 42.6 Å². The van der Waals surface area contributed by atoms with E-state index in [0.717, 1.165) is 65.4 Å². The fraction of sp³-hybridized carbons (Fsp3) is 0.440. The predicted molar refractivity (Wildman–Crippen MR) is 126 cm³/mol. The van der Waals surface area contributed by atoms with Gasteiger partial charge < -0.3 is 14.6 Å². The maximum atomic E-state index is 6.53. The Balaban J connectivity index is 1.42. The summed E-state index contributed by atoms with van der Waals surface area (Å²) in [6, 6.07) is 11.0. The Hall–Kier alpha value is -3.26. The molecule has 8 heteroatoms. The summed E-state index contributed by atoms with van der Waals surface area (Å²) in [6.07, 6.45) is 8.09. The van der Waals surface area contributed by atoms with Crippen molar-refractivity contribution < 1.29 is 4.74 Å². The van der Waals surface area contributed by atoms with Crippen LogP contribution in [0.4, 0.5) is 0 Å². The van der Waals surface area contributed by atoms with E-state index in [9.17, 15) is 0 Å². The Labute approximate surface area is 193 Å². The monoisotopic (exact) mass is 443 g/mol. The number of piperidine rings is 1. The summed E-state index contributed by atoms with van der Waals surface area (Å²) in [5.74, 6) is 0.820. The van der Waals surface area contributed by atoms with E-state index in [1.165, 1.54) is 12.8 Å². The van der Waals surface area contributed by atoms with Gasteiger partial charge in [-0.25, -0.2) is 9.67 Å². The third kappa shape index (κ3) is 3.78. The smallest absolute Gasteiger partial charge is 0.146 e. The van der Waals surface area contributed by atoms with Crippen LogP contribution in [-0.2, 0) is 0 Å². The fourth-order valence-electron chi connectivity index (χ4n) is 4.86. The normalized spacial score (nSPS) is 18.0. The van der Waals surface area contributed by atoms with E-state index in [0.29, 0.717) is 12.1 Å². The van der Waals surface area contributed by atoms with Gasteiger partial charge in [0.25, 0.3) is 0 Å². The van der Waals surface area contributed by atoms with Gasteiger partial charge in [0.1, 0.15) is 23.1 Å². The lowest BCUT2D eigenvalue weighted by atomic mass is 10.1. The topological polar surface area (TPSA) is 82.7 Å². The first-order chi connectivity index (χ1) is 16.2. The molecule has 1 saturated heterocycles. The van der Waals surface area contributed by atoms with Crippen LogP contribution in [0.15, 0.2) is 42.9 Å². The average Bonchev–Trinajstić information content (AvgIpc) is 3.49. The molecule has 3 aromatic heterocycles. The minimum absolute atomic E-state index is 0.182. The van der Waals surface area contributed by atoms with E-state index in [4.69, 9.17) is 9.72 Å². The molecule has 1 aliphatic carbocycles. The van der Waals surface area contributed by atoms with Gasteiger partial charge in [-0.05, 0) is 76.9 Å². The van der Waals surface area contributed by atoms with E-state index < -0.39 is 0 Å². The lowest BCUT2D eigenvalue weighted by molar-refractivity contribution is 0.224. The Morgan fingerprint density at radius 1 is 1.06 bits per heavy atom. The molecule has 33 heavy (non-hydrogen) atoms. The van der Waals surface area contributed by atoms with Gasteiger partial charge in [-0.1, -0.05) is 11.3 Å². The summed E-state index contributed by atoms with van der Waals surface area (Å²) >= 11 is 0. The van der Waals surface area contributed by atoms with Crippen molar-refractivity contribution in [2.24, 2.45) is 0 Å². The number of benzene rings is 1. The van der Waals surface area contributed by atoms with Crippen LogP contribution in [0.1, 0.15) is 62.2 Å². The van der Waals surface area contributed by atoms with Gasteiger partial charge in [0, 0.05) is 17.8 Å². The molecule has 0 spiro atoms. The van der Waals surface area contributed by atoms with Crippen molar-refractivity contribution in [3.05, 3.63) is 54.2 Å². The SMILES string of the molecule is Cc1c(-c2cc(O[C@H](C)c3ccccn3)c3c(c2)ncn3C2CC2)nnn1C1CCNCC1. The summed E-state index contributed by atoms with van der Waals surface area (Å²) in [7, 11) is 0.